The number of piperidine rings is 1. The molecule has 3 aromatic rings. The van der Waals surface area contributed by atoms with Crippen LogP contribution in [0.1, 0.15) is 34.6 Å². The smallest absolute Gasteiger partial charge is 0.276 e. The van der Waals surface area contributed by atoms with Crippen molar-refractivity contribution in [3.05, 3.63) is 84.0 Å². The summed E-state index contributed by atoms with van der Waals surface area (Å²) in [6, 6.07) is 15.5. The van der Waals surface area contributed by atoms with Crippen LogP contribution in [0.3, 0.4) is 0 Å². The van der Waals surface area contributed by atoms with Gasteiger partial charge in [-0.3, -0.25) is 9.78 Å². The lowest BCUT2D eigenvalue weighted by atomic mass is 9.87. The second-order valence-electron chi connectivity index (χ2n) is 7.18. The predicted molar refractivity (Wildman–Crippen MR) is 109 cm³/mol. The van der Waals surface area contributed by atoms with Crippen molar-refractivity contribution in [3.8, 4) is 0 Å². The second kappa shape index (κ2) is 8.36. The van der Waals surface area contributed by atoms with Crippen molar-refractivity contribution < 1.29 is 9.90 Å². The summed E-state index contributed by atoms with van der Waals surface area (Å²) in [6.07, 6.45) is 8.22. The van der Waals surface area contributed by atoms with Crippen molar-refractivity contribution in [2.75, 3.05) is 13.1 Å². The molecule has 4 rings (SSSR count). The van der Waals surface area contributed by atoms with Crippen LogP contribution >= 0.6 is 0 Å². The maximum absolute atomic E-state index is 12.8. The van der Waals surface area contributed by atoms with E-state index < -0.39 is 5.60 Å². The van der Waals surface area contributed by atoms with Crippen molar-refractivity contribution in [3.63, 3.8) is 0 Å². The molecule has 3 heterocycles. The van der Waals surface area contributed by atoms with Crippen LogP contribution in [0.5, 0.6) is 0 Å². The molecule has 0 unspecified atom stereocenters. The van der Waals surface area contributed by atoms with Gasteiger partial charge in [0.05, 0.1) is 18.4 Å². The van der Waals surface area contributed by atoms with Gasteiger partial charge < -0.3 is 10.0 Å². The first-order valence-corrected chi connectivity index (χ1v) is 9.69. The normalized spacial score (nSPS) is 16.2. The summed E-state index contributed by atoms with van der Waals surface area (Å²) < 4.78 is 1.64. The lowest BCUT2D eigenvalue weighted by Crippen LogP contribution is -2.45. The second-order valence-corrected chi connectivity index (χ2v) is 7.18. The number of carbonyl (C=O) groups excluding carboxylic acids is 1. The zero-order valence-electron chi connectivity index (χ0n) is 16.1. The molecule has 1 fully saturated rings. The van der Waals surface area contributed by atoms with Crippen LogP contribution in [-0.4, -0.2) is 49.0 Å². The third-order valence-electron chi connectivity index (χ3n) is 5.18. The Hall–Kier alpha value is -3.32. The van der Waals surface area contributed by atoms with E-state index in [0.29, 0.717) is 43.9 Å². The molecule has 1 saturated heterocycles. The average molecular weight is 389 g/mol. The van der Waals surface area contributed by atoms with E-state index in [4.69, 9.17) is 0 Å². The molecular weight excluding hydrogens is 366 g/mol. The molecule has 0 radical (unpaired) electrons. The Morgan fingerprint density at radius 3 is 2.59 bits per heavy atom. The Morgan fingerprint density at radius 2 is 1.86 bits per heavy atom. The van der Waals surface area contributed by atoms with Crippen molar-refractivity contribution in [1.82, 2.24) is 24.9 Å². The molecule has 29 heavy (non-hydrogen) atoms. The van der Waals surface area contributed by atoms with E-state index in [0.717, 1.165) is 5.56 Å². The van der Waals surface area contributed by atoms with Gasteiger partial charge in [0.25, 0.3) is 5.91 Å². The van der Waals surface area contributed by atoms with Gasteiger partial charge >= 0.3 is 0 Å². The first-order valence-electron chi connectivity index (χ1n) is 9.69. The summed E-state index contributed by atoms with van der Waals surface area (Å²) in [5, 5.41) is 18.9. The summed E-state index contributed by atoms with van der Waals surface area (Å²) in [4.78, 5) is 18.7. The molecule has 0 bridgehead atoms. The van der Waals surface area contributed by atoms with Crippen LogP contribution in [0, 0.1) is 0 Å². The van der Waals surface area contributed by atoms with Gasteiger partial charge in [-0.25, -0.2) is 4.68 Å². The van der Waals surface area contributed by atoms with E-state index in [-0.39, 0.29) is 5.91 Å². The van der Waals surface area contributed by atoms with Gasteiger partial charge in [-0.2, -0.15) is 0 Å². The van der Waals surface area contributed by atoms with Gasteiger partial charge in [0.15, 0.2) is 5.69 Å². The Kier molecular flexibility index (Phi) is 5.48. The third-order valence-corrected chi connectivity index (χ3v) is 5.18. The van der Waals surface area contributed by atoms with E-state index in [2.05, 4.69) is 15.3 Å². The number of aromatic nitrogens is 4. The maximum atomic E-state index is 12.8. The van der Waals surface area contributed by atoms with E-state index in [9.17, 15) is 9.90 Å². The van der Waals surface area contributed by atoms with Crippen LogP contribution in [0.25, 0.3) is 6.08 Å². The van der Waals surface area contributed by atoms with E-state index in [1.54, 1.807) is 22.0 Å². The molecule has 0 saturated carbocycles. The largest absolute Gasteiger partial charge is 0.383 e. The first-order chi connectivity index (χ1) is 14.1. The molecule has 2 aromatic heterocycles. The molecule has 0 spiro atoms. The van der Waals surface area contributed by atoms with Crippen LogP contribution in [0.15, 0.2) is 67.0 Å². The fourth-order valence-electron chi connectivity index (χ4n) is 3.48. The minimum atomic E-state index is -0.988. The highest BCUT2D eigenvalue weighted by molar-refractivity contribution is 5.92. The maximum Gasteiger partial charge on any atom is 0.276 e. The minimum absolute atomic E-state index is 0.161. The molecule has 1 amide bonds. The fourth-order valence-corrected chi connectivity index (χ4v) is 3.48. The highest BCUT2D eigenvalue weighted by Crippen LogP contribution is 2.31. The van der Waals surface area contributed by atoms with Crippen LogP contribution in [-0.2, 0) is 12.1 Å². The Labute approximate surface area is 169 Å². The lowest BCUT2D eigenvalue weighted by molar-refractivity contribution is -0.0245. The Bertz CT molecular complexity index is 977. The minimum Gasteiger partial charge on any atom is -0.383 e. The number of benzene rings is 1. The topological polar surface area (TPSA) is 84.1 Å². The Balaban J connectivity index is 1.34. The highest BCUT2D eigenvalue weighted by atomic mass is 16.3. The monoisotopic (exact) mass is 389 g/mol. The number of rotatable bonds is 5. The van der Waals surface area contributed by atoms with Crippen LogP contribution < -0.4 is 0 Å². The number of carbonyl (C=O) groups is 1. The molecular formula is C22H23N5O2. The zero-order chi connectivity index (χ0) is 20.1. The molecule has 7 heteroatoms. The van der Waals surface area contributed by atoms with Crippen molar-refractivity contribution in [1.29, 1.82) is 0 Å². The summed E-state index contributed by atoms with van der Waals surface area (Å²) in [7, 11) is 0. The lowest BCUT2D eigenvalue weighted by Gasteiger charge is -2.37. The number of hydrogen-bond acceptors (Lipinski definition) is 5. The van der Waals surface area contributed by atoms with Crippen molar-refractivity contribution in [2.45, 2.75) is 25.0 Å². The predicted octanol–water partition coefficient (Wildman–Crippen LogP) is 2.51. The zero-order valence-corrected chi connectivity index (χ0v) is 16.1. The molecule has 7 nitrogen and oxygen atoms in total. The molecule has 148 valence electrons. The molecule has 0 atom stereocenters. The van der Waals surface area contributed by atoms with Crippen LogP contribution in [0.4, 0.5) is 0 Å². The number of likely N-dealkylation sites (tertiary alicyclic amines) is 1. The van der Waals surface area contributed by atoms with Crippen LogP contribution in [0.2, 0.25) is 0 Å². The van der Waals surface area contributed by atoms with E-state index in [1.165, 1.54) is 0 Å². The van der Waals surface area contributed by atoms with Crippen molar-refractivity contribution in [2.24, 2.45) is 0 Å². The number of amides is 1. The molecule has 1 aromatic carbocycles. The third kappa shape index (κ3) is 4.41. The summed E-state index contributed by atoms with van der Waals surface area (Å²) in [6.45, 7) is 1.44. The summed E-state index contributed by atoms with van der Waals surface area (Å²) >= 11 is 0. The quantitative estimate of drug-likeness (QED) is 0.725. The number of allylic oxidation sites excluding steroid dienone is 1. The average Bonchev–Trinajstić information content (AvgIpc) is 3.24. The van der Waals surface area contributed by atoms with Gasteiger partial charge in [0, 0.05) is 19.3 Å². The van der Waals surface area contributed by atoms with E-state index >= 15 is 0 Å². The SMILES string of the molecule is O=C(c1cn(C/C=C/c2ccccc2)nn1)N1CCC(O)(c2ccccn2)CC1. The number of nitrogens with zero attached hydrogens (tertiary/aromatic N) is 5. The van der Waals surface area contributed by atoms with Gasteiger partial charge in [-0.05, 0) is 30.5 Å². The number of hydrogen-bond donors (Lipinski definition) is 1. The van der Waals surface area contributed by atoms with E-state index in [1.807, 2.05) is 60.7 Å². The van der Waals surface area contributed by atoms with Gasteiger partial charge in [-0.15, -0.1) is 5.10 Å². The number of aliphatic hydroxyl groups is 1. The van der Waals surface area contributed by atoms with Gasteiger partial charge in [0.1, 0.15) is 5.60 Å². The van der Waals surface area contributed by atoms with Crippen molar-refractivity contribution >= 4 is 12.0 Å². The molecule has 1 aliphatic rings. The summed E-state index contributed by atoms with van der Waals surface area (Å²) in [5.41, 5.74) is 1.10. The fraction of sp³-hybridized carbons (Fsp3) is 0.273. The first kappa shape index (κ1) is 19.0. The molecule has 0 aliphatic carbocycles. The van der Waals surface area contributed by atoms with Gasteiger partial charge in [-0.1, -0.05) is 53.8 Å². The Morgan fingerprint density at radius 1 is 1.10 bits per heavy atom. The summed E-state index contributed by atoms with van der Waals surface area (Å²) in [5.74, 6) is -0.161. The highest BCUT2D eigenvalue weighted by Gasteiger charge is 2.37. The molecule has 1 aliphatic heterocycles. The number of pyridine rings is 1. The molecule has 1 N–H and O–H groups in total. The van der Waals surface area contributed by atoms with Gasteiger partial charge in [0.2, 0.25) is 0 Å². The standard InChI is InChI=1S/C22H23N5O2/c28-21(26-15-11-22(29,12-16-26)20-10-4-5-13-23-20)19-17-27(25-24-19)14-6-9-18-7-2-1-3-8-18/h1-10,13,17,29H,11-12,14-16H2/b9-6+.